The van der Waals surface area contributed by atoms with Crippen LogP contribution >= 0.6 is 15.9 Å². The van der Waals surface area contributed by atoms with Crippen LogP contribution in [-0.2, 0) is 6.54 Å². The normalized spacial score (nSPS) is 10.2. The Balaban J connectivity index is 2.81. The Kier molecular flexibility index (Phi) is 2.26. The van der Waals surface area contributed by atoms with Crippen LogP contribution in [0.15, 0.2) is 4.73 Å². The summed E-state index contributed by atoms with van der Waals surface area (Å²) in [6.45, 7) is 2.93. The molecule has 0 saturated carbocycles. The van der Waals surface area contributed by atoms with Gasteiger partial charge in [-0.15, -0.1) is 5.10 Å². The van der Waals surface area contributed by atoms with Crippen LogP contribution in [0.5, 0.6) is 0 Å². The van der Waals surface area contributed by atoms with E-state index in [-0.39, 0.29) is 0 Å². The molecule has 4 nitrogen and oxygen atoms in total. The average Bonchev–Trinajstić information content (AvgIpc) is 2.13. The highest BCUT2D eigenvalue weighted by Gasteiger charge is 2.01. The van der Waals surface area contributed by atoms with E-state index in [1.54, 1.807) is 4.68 Å². The van der Waals surface area contributed by atoms with E-state index in [2.05, 4.69) is 32.9 Å². The second kappa shape index (κ2) is 3.01. The second-order valence-corrected chi connectivity index (χ2v) is 2.67. The fourth-order valence-electron chi connectivity index (χ4n) is 0.694. The molecule has 5 heteroatoms. The quantitative estimate of drug-likeness (QED) is 0.784. The first-order chi connectivity index (χ1) is 4.74. The van der Waals surface area contributed by atoms with Crippen molar-refractivity contribution in [1.29, 1.82) is 0 Å². The van der Waals surface area contributed by atoms with Gasteiger partial charge >= 0.3 is 0 Å². The highest BCUT2D eigenvalue weighted by molar-refractivity contribution is 9.10. The number of nitrogens with two attached hydrogens (primary N) is 1. The molecular formula is C5H9BrN4. The van der Waals surface area contributed by atoms with Crippen LogP contribution in [0.2, 0.25) is 0 Å². The predicted molar refractivity (Wildman–Crippen MR) is 42.4 cm³/mol. The van der Waals surface area contributed by atoms with Crippen LogP contribution in [-0.4, -0.2) is 14.8 Å². The first kappa shape index (κ1) is 7.53. The summed E-state index contributed by atoms with van der Waals surface area (Å²) < 4.78 is 2.43. The van der Waals surface area contributed by atoms with E-state index in [0.717, 1.165) is 13.0 Å². The number of hydrogen-bond acceptors (Lipinski definition) is 3. The van der Waals surface area contributed by atoms with Gasteiger partial charge in [-0.1, -0.05) is 6.92 Å². The highest BCUT2D eigenvalue weighted by Crippen LogP contribution is 2.07. The molecule has 0 aliphatic carbocycles. The van der Waals surface area contributed by atoms with Gasteiger partial charge in [0.05, 0.1) is 0 Å². The Bertz CT molecular complexity index is 219. The smallest absolute Gasteiger partial charge is 0.240 e. The molecule has 10 heavy (non-hydrogen) atoms. The van der Waals surface area contributed by atoms with Gasteiger partial charge in [-0.05, 0) is 22.4 Å². The molecule has 0 aromatic carbocycles. The number of halogens is 1. The number of nitrogens with zero attached hydrogens (tertiary/aromatic N) is 3. The van der Waals surface area contributed by atoms with Crippen LogP contribution in [0, 0.1) is 0 Å². The first-order valence-corrected chi connectivity index (χ1v) is 3.89. The maximum absolute atomic E-state index is 5.34. The van der Waals surface area contributed by atoms with E-state index in [9.17, 15) is 0 Å². The minimum atomic E-state index is 0.320. The third kappa shape index (κ3) is 1.47. The van der Waals surface area contributed by atoms with Crippen molar-refractivity contribution >= 4 is 21.9 Å². The Morgan fingerprint density at radius 2 is 2.40 bits per heavy atom. The van der Waals surface area contributed by atoms with Crippen LogP contribution < -0.4 is 5.73 Å². The number of aromatic nitrogens is 3. The van der Waals surface area contributed by atoms with Gasteiger partial charge in [-0.3, -0.25) is 0 Å². The maximum atomic E-state index is 5.34. The molecular weight excluding hydrogens is 196 g/mol. The zero-order chi connectivity index (χ0) is 7.56. The molecule has 0 radical (unpaired) electrons. The Morgan fingerprint density at radius 1 is 1.70 bits per heavy atom. The van der Waals surface area contributed by atoms with Crippen molar-refractivity contribution in [3.8, 4) is 0 Å². The molecule has 0 bridgehead atoms. The van der Waals surface area contributed by atoms with E-state index in [1.165, 1.54) is 0 Å². The monoisotopic (exact) mass is 204 g/mol. The van der Waals surface area contributed by atoms with Gasteiger partial charge in [0.25, 0.3) is 0 Å². The molecule has 1 aromatic rings. The van der Waals surface area contributed by atoms with Crippen LogP contribution in [0.3, 0.4) is 0 Å². The first-order valence-electron chi connectivity index (χ1n) is 3.10. The van der Waals surface area contributed by atoms with Crippen LogP contribution in [0.4, 0.5) is 5.95 Å². The molecule has 1 aromatic heterocycles. The number of anilines is 1. The molecule has 0 aliphatic rings. The lowest BCUT2D eigenvalue weighted by Crippen LogP contribution is -1.99. The summed E-state index contributed by atoms with van der Waals surface area (Å²) in [5, 5.41) is 3.94. The lowest BCUT2D eigenvalue weighted by Gasteiger charge is -1.95. The molecule has 0 fully saturated rings. The van der Waals surface area contributed by atoms with Gasteiger partial charge in [0, 0.05) is 6.54 Å². The van der Waals surface area contributed by atoms with Crippen LogP contribution in [0.1, 0.15) is 13.3 Å². The van der Waals surface area contributed by atoms with Gasteiger partial charge < -0.3 is 5.73 Å². The summed E-state index contributed by atoms with van der Waals surface area (Å²) in [7, 11) is 0. The summed E-state index contributed by atoms with van der Waals surface area (Å²) in [5.41, 5.74) is 5.34. The van der Waals surface area contributed by atoms with E-state index >= 15 is 0 Å². The highest BCUT2D eigenvalue weighted by atomic mass is 79.9. The van der Waals surface area contributed by atoms with Crippen molar-refractivity contribution in [2.75, 3.05) is 5.73 Å². The van der Waals surface area contributed by atoms with Crippen molar-refractivity contribution in [3.05, 3.63) is 4.73 Å². The third-order valence-electron chi connectivity index (χ3n) is 1.08. The lowest BCUT2D eigenvalue weighted by molar-refractivity contribution is 0.590. The van der Waals surface area contributed by atoms with Crippen molar-refractivity contribution < 1.29 is 0 Å². The number of rotatable bonds is 2. The Morgan fingerprint density at radius 3 is 2.80 bits per heavy atom. The summed E-state index contributed by atoms with van der Waals surface area (Å²) in [4.78, 5) is 3.88. The molecule has 0 amide bonds. The van der Waals surface area contributed by atoms with Gasteiger partial charge in [0.2, 0.25) is 5.95 Å². The predicted octanol–water partition coefficient (Wildman–Crippen LogP) is 1.03. The van der Waals surface area contributed by atoms with E-state index < -0.39 is 0 Å². The third-order valence-corrected chi connectivity index (χ3v) is 1.67. The zero-order valence-corrected chi connectivity index (χ0v) is 7.30. The molecule has 0 saturated heterocycles. The fraction of sp³-hybridized carbons (Fsp3) is 0.600. The minimum absolute atomic E-state index is 0.320. The average molecular weight is 205 g/mol. The molecule has 0 atom stereocenters. The number of aryl methyl sites for hydroxylation is 1. The summed E-state index contributed by atoms with van der Waals surface area (Å²) >= 11 is 3.23. The van der Waals surface area contributed by atoms with Gasteiger partial charge in [-0.2, -0.15) is 4.98 Å². The molecule has 0 aliphatic heterocycles. The fourth-order valence-corrected chi connectivity index (χ4v) is 1.13. The molecule has 1 rings (SSSR count). The summed E-state index contributed by atoms with van der Waals surface area (Å²) in [6, 6.07) is 0. The van der Waals surface area contributed by atoms with E-state index in [1.807, 2.05) is 0 Å². The van der Waals surface area contributed by atoms with Crippen LogP contribution in [0.25, 0.3) is 0 Å². The SMILES string of the molecule is CCCn1nc(N)nc1Br. The standard InChI is InChI=1S/C5H9BrN4/c1-2-3-10-4(6)8-5(7)9-10/h2-3H2,1H3,(H2,7,9). The van der Waals surface area contributed by atoms with Gasteiger partial charge in [0.1, 0.15) is 0 Å². The van der Waals surface area contributed by atoms with Gasteiger partial charge in [-0.25, -0.2) is 4.68 Å². The zero-order valence-electron chi connectivity index (χ0n) is 5.71. The van der Waals surface area contributed by atoms with Crippen molar-refractivity contribution in [2.24, 2.45) is 0 Å². The maximum Gasteiger partial charge on any atom is 0.240 e. The topological polar surface area (TPSA) is 56.7 Å². The van der Waals surface area contributed by atoms with Crippen molar-refractivity contribution in [2.45, 2.75) is 19.9 Å². The number of nitrogen functional groups attached to an aromatic ring is 1. The molecule has 1 heterocycles. The molecule has 0 spiro atoms. The molecule has 0 unspecified atom stereocenters. The van der Waals surface area contributed by atoms with E-state index in [4.69, 9.17) is 5.73 Å². The number of hydrogen-bond donors (Lipinski definition) is 1. The second-order valence-electron chi connectivity index (χ2n) is 1.96. The van der Waals surface area contributed by atoms with Crippen molar-refractivity contribution in [1.82, 2.24) is 14.8 Å². The van der Waals surface area contributed by atoms with Crippen molar-refractivity contribution in [3.63, 3.8) is 0 Å². The Labute approximate surface area is 67.6 Å². The molecule has 2 N–H and O–H groups in total. The summed E-state index contributed by atoms with van der Waals surface area (Å²) in [6.07, 6.45) is 1.03. The Hall–Kier alpha value is -0.580. The minimum Gasteiger partial charge on any atom is -0.366 e. The summed E-state index contributed by atoms with van der Waals surface area (Å²) in [5.74, 6) is 0.320. The molecule has 56 valence electrons. The largest absolute Gasteiger partial charge is 0.366 e. The lowest BCUT2D eigenvalue weighted by atomic mass is 10.5. The van der Waals surface area contributed by atoms with E-state index in [0.29, 0.717) is 10.7 Å². The van der Waals surface area contributed by atoms with Gasteiger partial charge in [0.15, 0.2) is 4.73 Å².